The molecule has 0 aliphatic carbocycles. The van der Waals surface area contributed by atoms with Crippen molar-refractivity contribution in [3.63, 3.8) is 0 Å². The van der Waals surface area contributed by atoms with E-state index in [0.29, 0.717) is 0 Å². The summed E-state index contributed by atoms with van der Waals surface area (Å²) in [4.78, 5) is 16.1. The fourth-order valence-corrected chi connectivity index (χ4v) is 4.41. The van der Waals surface area contributed by atoms with E-state index in [1.165, 1.54) is 27.3 Å². The summed E-state index contributed by atoms with van der Waals surface area (Å²) < 4.78 is 5.39. The predicted molar refractivity (Wildman–Crippen MR) is 114 cm³/mol. The van der Waals surface area contributed by atoms with Crippen molar-refractivity contribution in [3.05, 3.63) is 53.1 Å². The number of carbonyl (C=O) groups excluding carboxylic acids is 1. The molecule has 1 heterocycles. The van der Waals surface area contributed by atoms with Gasteiger partial charge in [-0.2, -0.15) is 0 Å². The Hall–Kier alpha value is -1.98. The minimum Gasteiger partial charge on any atom is -0.378 e. The minimum absolute atomic E-state index is 0.0264. The van der Waals surface area contributed by atoms with Gasteiger partial charge in [0.1, 0.15) is 0 Å². The largest absolute Gasteiger partial charge is 0.378 e. The third-order valence-electron chi connectivity index (χ3n) is 4.78. The maximum absolute atomic E-state index is 12.6. The van der Waals surface area contributed by atoms with E-state index in [9.17, 15) is 4.79 Å². The summed E-state index contributed by atoms with van der Waals surface area (Å²) in [6.45, 7) is 11.6. The van der Waals surface area contributed by atoms with Crippen LogP contribution in [-0.2, 0) is 9.53 Å². The molecule has 1 fully saturated rings. The Kier molecular flexibility index (Phi) is 6.45. The zero-order chi connectivity index (χ0) is 19.4. The van der Waals surface area contributed by atoms with Gasteiger partial charge in [-0.15, -0.1) is 11.8 Å². The average molecular weight is 385 g/mol. The van der Waals surface area contributed by atoms with Crippen molar-refractivity contribution < 1.29 is 9.53 Å². The lowest BCUT2D eigenvalue weighted by Crippen LogP contribution is -2.36. The number of aryl methyl sites for hydroxylation is 3. The van der Waals surface area contributed by atoms with Crippen molar-refractivity contribution >= 4 is 29.0 Å². The molecule has 27 heavy (non-hydrogen) atoms. The standard InChI is InChI=1S/C22H28N2O2S/c1-15-13-16(2)21(17(3)14-15)27-18(4)22(25)23-19-5-7-20(8-6-19)24-9-11-26-12-10-24/h5-8,13-14,18H,9-12H2,1-4H3,(H,23,25)/t18-/m1/s1. The van der Waals surface area contributed by atoms with Crippen molar-refractivity contribution in [2.45, 2.75) is 37.8 Å². The molecule has 2 aromatic rings. The predicted octanol–water partition coefficient (Wildman–Crippen LogP) is 4.57. The maximum Gasteiger partial charge on any atom is 0.237 e. The van der Waals surface area contributed by atoms with Crippen molar-refractivity contribution in [1.82, 2.24) is 0 Å². The molecule has 0 radical (unpaired) electrons. The number of benzene rings is 2. The van der Waals surface area contributed by atoms with E-state index in [4.69, 9.17) is 4.74 Å². The van der Waals surface area contributed by atoms with Crippen LogP contribution >= 0.6 is 11.8 Å². The van der Waals surface area contributed by atoms with Crippen LogP contribution in [0.4, 0.5) is 11.4 Å². The molecule has 1 aliphatic heterocycles. The van der Waals surface area contributed by atoms with E-state index in [1.807, 2.05) is 19.1 Å². The molecular weight excluding hydrogens is 356 g/mol. The van der Waals surface area contributed by atoms with Crippen molar-refractivity contribution in [3.8, 4) is 0 Å². The minimum atomic E-state index is -0.163. The molecule has 0 spiro atoms. The van der Waals surface area contributed by atoms with Gasteiger partial charge in [0, 0.05) is 29.4 Å². The first-order chi connectivity index (χ1) is 12.9. The molecule has 3 rings (SSSR count). The molecule has 5 heteroatoms. The number of nitrogens with zero attached hydrogens (tertiary/aromatic N) is 1. The summed E-state index contributed by atoms with van der Waals surface area (Å²) >= 11 is 1.62. The highest BCUT2D eigenvalue weighted by molar-refractivity contribution is 8.00. The molecule has 0 aromatic heterocycles. The zero-order valence-electron chi connectivity index (χ0n) is 16.5. The Morgan fingerprint density at radius 2 is 1.67 bits per heavy atom. The second-order valence-corrected chi connectivity index (χ2v) is 8.47. The molecule has 1 amide bonds. The summed E-state index contributed by atoms with van der Waals surface area (Å²) in [6.07, 6.45) is 0. The number of thioether (sulfide) groups is 1. The van der Waals surface area contributed by atoms with E-state index in [1.54, 1.807) is 11.8 Å². The van der Waals surface area contributed by atoms with Gasteiger partial charge in [-0.05, 0) is 63.1 Å². The summed E-state index contributed by atoms with van der Waals surface area (Å²) in [5, 5.41) is 2.88. The van der Waals surface area contributed by atoms with Gasteiger partial charge in [-0.1, -0.05) is 17.7 Å². The van der Waals surface area contributed by atoms with Gasteiger partial charge in [0.2, 0.25) is 5.91 Å². The van der Waals surface area contributed by atoms with Crippen LogP contribution in [0.1, 0.15) is 23.6 Å². The van der Waals surface area contributed by atoms with Crippen molar-refractivity contribution in [1.29, 1.82) is 0 Å². The van der Waals surface area contributed by atoms with Crippen LogP contribution in [0, 0.1) is 20.8 Å². The van der Waals surface area contributed by atoms with Crippen molar-refractivity contribution in [2.75, 3.05) is 36.5 Å². The van der Waals surface area contributed by atoms with Crippen molar-refractivity contribution in [2.24, 2.45) is 0 Å². The second kappa shape index (κ2) is 8.81. The number of nitrogens with one attached hydrogen (secondary N) is 1. The molecule has 144 valence electrons. The molecule has 1 atom stereocenters. The van der Waals surface area contributed by atoms with Gasteiger partial charge in [-0.25, -0.2) is 0 Å². The molecule has 1 aliphatic rings. The number of carbonyl (C=O) groups is 1. The molecule has 0 saturated carbocycles. The molecule has 4 nitrogen and oxygen atoms in total. The molecule has 2 aromatic carbocycles. The number of hydrogen-bond donors (Lipinski definition) is 1. The lowest BCUT2D eigenvalue weighted by atomic mass is 10.1. The van der Waals surface area contributed by atoms with Gasteiger partial charge >= 0.3 is 0 Å². The molecule has 1 N–H and O–H groups in total. The van der Waals surface area contributed by atoms with Crippen LogP contribution in [0.3, 0.4) is 0 Å². The molecular formula is C22H28N2O2S. The van der Waals surface area contributed by atoms with Gasteiger partial charge in [0.25, 0.3) is 0 Å². The van der Waals surface area contributed by atoms with E-state index in [2.05, 4.69) is 55.3 Å². The highest BCUT2D eigenvalue weighted by Crippen LogP contribution is 2.31. The number of hydrogen-bond acceptors (Lipinski definition) is 4. The fourth-order valence-electron chi connectivity index (χ4n) is 3.40. The zero-order valence-corrected chi connectivity index (χ0v) is 17.4. The summed E-state index contributed by atoms with van der Waals surface area (Å²) in [7, 11) is 0. The van der Waals surface area contributed by atoms with Gasteiger partial charge in [0.15, 0.2) is 0 Å². The molecule has 0 unspecified atom stereocenters. The first-order valence-corrected chi connectivity index (χ1v) is 10.3. The number of amides is 1. The van der Waals surface area contributed by atoms with E-state index >= 15 is 0 Å². The number of rotatable bonds is 5. The first kappa shape index (κ1) is 19.8. The quantitative estimate of drug-likeness (QED) is 0.767. The maximum atomic E-state index is 12.6. The lowest BCUT2D eigenvalue weighted by Gasteiger charge is -2.29. The average Bonchev–Trinajstić information content (AvgIpc) is 2.65. The highest BCUT2D eigenvalue weighted by Gasteiger charge is 2.17. The Bertz CT molecular complexity index is 775. The summed E-state index contributed by atoms with van der Waals surface area (Å²) in [5.41, 5.74) is 5.72. The van der Waals surface area contributed by atoms with Crippen LogP contribution in [0.25, 0.3) is 0 Å². The highest BCUT2D eigenvalue weighted by atomic mass is 32.2. The van der Waals surface area contributed by atoms with Crippen LogP contribution < -0.4 is 10.2 Å². The summed E-state index contributed by atoms with van der Waals surface area (Å²) in [5.74, 6) is 0.0264. The van der Waals surface area contributed by atoms with Gasteiger partial charge in [-0.3, -0.25) is 4.79 Å². The second-order valence-electron chi connectivity index (χ2n) is 7.12. The molecule has 0 bridgehead atoms. The van der Waals surface area contributed by atoms with Gasteiger partial charge in [0.05, 0.1) is 18.5 Å². The first-order valence-electron chi connectivity index (χ1n) is 9.42. The number of anilines is 2. The number of morpholine rings is 1. The Morgan fingerprint density at radius 3 is 2.26 bits per heavy atom. The van der Waals surface area contributed by atoms with E-state index in [-0.39, 0.29) is 11.2 Å². The topological polar surface area (TPSA) is 41.6 Å². The normalized spacial score (nSPS) is 15.5. The molecule has 1 saturated heterocycles. The van der Waals surface area contributed by atoms with Crippen LogP contribution in [0.5, 0.6) is 0 Å². The number of ether oxygens (including phenoxy) is 1. The van der Waals surface area contributed by atoms with Crippen LogP contribution in [0.15, 0.2) is 41.3 Å². The van der Waals surface area contributed by atoms with E-state index in [0.717, 1.165) is 32.0 Å². The Morgan fingerprint density at radius 1 is 1.07 bits per heavy atom. The van der Waals surface area contributed by atoms with Gasteiger partial charge < -0.3 is 15.0 Å². The van der Waals surface area contributed by atoms with E-state index < -0.39 is 0 Å². The Balaban J connectivity index is 1.61. The lowest BCUT2D eigenvalue weighted by molar-refractivity contribution is -0.115. The third-order valence-corrected chi connectivity index (χ3v) is 6.23. The summed E-state index contributed by atoms with van der Waals surface area (Å²) in [6, 6.07) is 12.4. The Labute approximate surface area is 166 Å². The smallest absolute Gasteiger partial charge is 0.237 e. The third kappa shape index (κ3) is 5.05. The van der Waals surface area contributed by atoms with Crippen LogP contribution in [0.2, 0.25) is 0 Å². The van der Waals surface area contributed by atoms with Crippen LogP contribution in [-0.4, -0.2) is 37.5 Å². The fraction of sp³-hybridized carbons (Fsp3) is 0.409. The monoisotopic (exact) mass is 384 g/mol. The SMILES string of the molecule is Cc1cc(C)c(S[C@H](C)C(=O)Nc2ccc(N3CCOCC3)cc2)c(C)c1.